The highest BCUT2D eigenvalue weighted by molar-refractivity contribution is 5.69. The summed E-state index contributed by atoms with van der Waals surface area (Å²) >= 11 is 0. The highest BCUT2D eigenvalue weighted by atomic mass is 16.6. The van der Waals surface area contributed by atoms with E-state index in [1.165, 1.54) is 12.1 Å². The van der Waals surface area contributed by atoms with Crippen molar-refractivity contribution in [1.29, 1.82) is 0 Å². The summed E-state index contributed by atoms with van der Waals surface area (Å²) in [5.74, 6) is 0. The van der Waals surface area contributed by atoms with E-state index in [0.29, 0.717) is 17.9 Å². The van der Waals surface area contributed by atoms with Gasteiger partial charge in [0, 0.05) is 24.2 Å². The van der Waals surface area contributed by atoms with Gasteiger partial charge in [-0.05, 0) is 12.1 Å². The SMILES string of the molecule is Nc1cc([N+](=O)[O-])ccc1NCc1ccoc1. The first-order valence-electron chi connectivity index (χ1n) is 4.95. The van der Waals surface area contributed by atoms with Gasteiger partial charge in [0.2, 0.25) is 0 Å². The molecule has 88 valence electrons. The third-order valence-electron chi connectivity index (χ3n) is 2.31. The average Bonchev–Trinajstić information content (AvgIpc) is 2.80. The van der Waals surface area contributed by atoms with E-state index in [1.54, 1.807) is 18.6 Å². The highest BCUT2D eigenvalue weighted by Gasteiger charge is 2.08. The predicted octanol–water partition coefficient (Wildman–Crippen LogP) is 2.38. The minimum atomic E-state index is -0.476. The lowest BCUT2D eigenvalue weighted by atomic mass is 10.2. The molecule has 2 aromatic rings. The maximum atomic E-state index is 10.5. The van der Waals surface area contributed by atoms with Gasteiger partial charge in [-0.2, -0.15) is 0 Å². The predicted molar refractivity (Wildman–Crippen MR) is 63.5 cm³/mol. The van der Waals surface area contributed by atoms with Crippen LogP contribution in [0.2, 0.25) is 0 Å². The maximum Gasteiger partial charge on any atom is 0.271 e. The fraction of sp³-hybridized carbons (Fsp3) is 0.0909. The minimum Gasteiger partial charge on any atom is -0.472 e. The molecule has 0 bridgehead atoms. The molecule has 2 rings (SSSR count). The van der Waals surface area contributed by atoms with E-state index in [9.17, 15) is 10.1 Å². The molecule has 0 fully saturated rings. The molecule has 0 amide bonds. The fourth-order valence-corrected chi connectivity index (χ4v) is 1.42. The Kier molecular flexibility index (Phi) is 2.95. The normalized spacial score (nSPS) is 10.1. The number of nitrogens with zero attached hydrogens (tertiary/aromatic N) is 1. The number of nitrogen functional groups attached to an aromatic ring is 1. The van der Waals surface area contributed by atoms with Gasteiger partial charge in [0.15, 0.2) is 0 Å². The van der Waals surface area contributed by atoms with Gasteiger partial charge in [-0.1, -0.05) is 0 Å². The van der Waals surface area contributed by atoms with Crippen molar-refractivity contribution in [3.8, 4) is 0 Å². The molecule has 6 heteroatoms. The lowest BCUT2D eigenvalue weighted by molar-refractivity contribution is -0.384. The lowest BCUT2D eigenvalue weighted by Gasteiger charge is -2.07. The van der Waals surface area contributed by atoms with E-state index in [2.05, 4.69) is 5.32 Å². The molecular weight excluding hydrogens is 222 g/mol. The Bertz CT molecular complexity index is 523. The minimum absolute atomic E-state index is 0.0173. The first-order chi connectivity index (χ1) is 8.16. The van der Waals surface area contributed by atoms with Crippen LogP contribution in [-0.2, 0) is 6.54 Å². The Labute approximate surface area is 97.2 Å². The number of nitro benzene ring substituents is 1. The topological polar surface area (TPSA) is 94.3 Å². The third-order valence-corrected chi connectivity index (χ3v) is 2.31. The Hall–Kier alpha value is -2.50. The second-order valence-corrected chi connectivity index (χ2v) is 3.51. The van der Waals surface area contributed by atoms with Crippen LogP contribution in [0.25, 0.3) is 0 Å². The summed E-state index contributed by atoms with van der Waals surface area (Å²) in [5, 5.41) is 13.6. The summed E-state index contributed by atoms with van der Waals surface area (Å²) in [7, 11) is 0. The second kappa shape index (κ2) is 4.56. The molecule has 0 radical (unpaired) electrons. The quantitative estimate of drug-likeness (QED) is 0.480. The zero-order chi connectivity index (χ0) is 12.3. The molecule has 1 heterocycles. The van der Waals surface area contributed by atoms with E-state index in [0.717, 1.165) is 5.56 Å². The molecule has 0 saturated heterocycles. The monoisotopic (exact) mass is 233 g/mol. The van der Waals surface area contributed by atoms with Gasteiger partial charge in [0.05, 0.1) is 28.8 Å². The summed E-state index contributed by atoms with van der Waals surface area (Å²) in [6, 6.07) is 6.16. The van der Waals surface area contributed by atoms with Gasteiger partial charge < -0.3 is 15.5 Å². The number of furan rings is 1. The number of hydrogen-bond donors (Lipinski definition) is 2. The first kappa shape index (κ1) is 11.0. The van der Waals surface area contributed by atoms with Crippen molar-refractivity contribution in [2.24, 2.45) is 0 Å². The summed E-state index contributed by atoms with van der Waals surface area (Å²) in [4.78, 5) is 10.1. The van der Waals surface area contributed by atoms with Crippen molar-refractivity contribution in [1.82, 2.24) is 0 Å². The van der Waals surface area contributed by atoms with Crippen LogP contribution in [0.4, 0.5) is 17.1 Å². The van der Waals surface area contributed by atoms with Crippen LogP contribution in [0.3, 0.4) is 0 Å². The Morgan fingerprint density at radius 2 is 2.24 bits per heavy atom. The molecule has 1 aromatic heterocycles. The zero-order valence-electron chi connectivity index (χ0n) is 8.92. The number of non-ortho nitro benzene ring substituents is 1. The van der Waals surface area contributed by atoms with E-state index in [4.69, 9.17) is 10.2 Å². The van der Waals surface area contributed by atoms with Crippen molar-refractivity contribution in [3.63, 3.8) is 0 Å². The Morgan fingerprint density at radius 1 is 1.41 bits per heavy atom. The molecule has 0 atom stereocenters. The van der Waals surface area contributed by atoms with Gasteiger partial charge in [-0.3, -0.25) is 10.1 Å². The van der Waals surface area contributed by atoms with E-state index in [1.807, 2.05) is 6.07 Å². The van der Waals surface area contributed by atoms with E-state index < -0.39 is 4.92 Å². The standard InChI is InChI=1S/C11H11N3O3/c12-10-5-9(14(15)16)1-2-11(10)13-6-8-3-4-17-7-8/h1-5,7,13H,6,12H2. The first-order valence-corrected chi connectivity index (χ1v) is 4.95. The molecule has 3 N–H and O–H groups in total. The van der Waals surface area contributed by atoms with Crippen molar-refractivity contribution in [2.45, 2.75) is 6.54 Å². The van der Waals surface area contributed by atoms with Crippen molar-refractivity contribution in [2.75, 3.05) is 11.1 Å². The van der Waals surface area contributed by atoms with E-state index >= 15 is 0 Å². The van der Waals surface area contributed by atoms with Crippen molar-refractivity contribution in [3.05, 3.63) is 52.5 Å². The van der Waals surface area contributed by atoms with Crippen molar-refractivity contribution >= 4 is 17.1 Å². The number of benzene rings is 1. The van der Waals surface area contributed by atoms with Crippen molar-refractivity contribution < 1.29 is 9.34 Å². The van der Waals surface area contributed by atoms with E-state index in [-0.39, 0.29) is 5.69 Å². The molecule has 0 aliphatic heterocycles. The third kappa shape index (κ3) is 2.54. The fourth-order valence-electron chi connectivity index (χ4n) is 1.42. The van der Waals surface area contributed by atoms with Crippen LogP contribution >= 0.6 is 0 Å². The molecule has 0 unspecified atom stereocenters. The molecule has 17 heavy (non-hydrogen) atoms. The summed E-state index contributed by atoms with van der Waals surface area (Å²) in [6.45, 7) is 0.554. The number of nitrogens with one attached hydrogen (secondary N) is 1. The molecule has 0 aliphatic carbocycles. The van der Waals surface area contributed by atoms with Crippen LogP contribution in [0, 0.1) is 10.1 Å². The van der Waals surface area contributed by atoms with Gasteiger partial charge in [0.25, 0.3) is 5.69 Å². The van der Waals surface area contributed by atoms with Gasteiger partial charge in [-0.15, -0.1) is 0 Å². The van der Waals surface area contributed by atoms with Crippen LogP contribution < -0.4 is 11.1 Å². The average molecular weight is 233 g/mol. The van der Waals surface area contributed by atoms with Crippen LogP contribution in [0.15, 0.2) is 41.2 Å². The highest BCUT2D eigenvalue weighted by Crippen LogP contribution is 2.24. The number of hydrogen-bond acceptors (Lipinski definition) is 5. The van der Waals surface area contributed by atoms with Crippen LogP contribution in [0.5, 0.6) is 0 Å². The lowest BCUT2D eigenvalue weighted by Crippen LogP contribution is -2.02. The number of nitro groups is 1. The van der Waals surface area contributed by atoms with Gasteiger partial charge in [0.1, 0.15) is 0 Å². The maximum absolute atomic E-state index is 10.5. The molecule has 0 aliphatic rings. The molecule has 0 spiro atoms. The van der Waals surface area contributed by atoms with Gasteiger partial charge >= 0.3 is 0 Å². The van der Waals surface area contributed by atoms with Gasteiger partial charge in [-0.25, -0.2) is 0 Å². The zero-order valence-corrected chi connectivity index (χ0v) is 8.92. The largest absolute Gasteiger partial charge is 0.472 e. The molecule has 0 saturated carbocycles. The molecular formula is C11H11N3O3. The number of nitrogens with two attached hydrogens (primary N) is 1. The summed E-state index contributed by atoms with van der Waals surface area (Å²) < 4.78 is 4.92. The van der Waals surface area contributed by atoms with Crippen LogP contribution in [-0.4, -0.2) is 4.92 Å². The number of rotatable bonds is 4. The Morgan fingerprint density at radius 3 is 2.82 bits per heavy atom. The summed E-state index contributed by atoms with van der Waals surface area (Å²) in [6.07, 6.45) is 3.20. The second-order valence-electron chi connectivity index (χ2n) is 3.51. The van der Waals surface area contributed by atoms with Crippen LogP contribution in [0.1, 0.15) is 5.56 Å². The molecule has 6 nitrogen and oxygen atoms in total. The number of anilines is 2. The smallest absolute Gasteiger partial charge is 0.271 e. The Balaban J connectivity index is 2.09. The molecule has 1 aromatic carbocycles. The summed E-state index contributed by atoms with van der Waals surface area (Å²) in [5.41, 5.74) is 7.68.